The van der Waals surface area contributed by atoms with Crippen molar-refractivity contribution in [3.63, 3.8) is 0 Å². The standard InChI is InChI=1S/C13H26OS.C4H10O3S/c1-6-7-8-9-12(14)13(15,10(2)3)11(4)5;1-2-3-4-8(5,6)7/h10-11,15H,6-9H2,1-5H3;2-4H2,1H3,(H,5,6,7). The summed E-state index contributed by atoms with van der Waals surface area (Å²) in [6.07, 6.45) is 5.34. The molecule has 0 aliphatic carbocycles. The van der Waals surface area contributed by atoms with Gasteiger partial charge in [-0.25, -0.2) is 0 Å². The molecule has 0 aromatic heterocycles. The van der Waals surface area contributed by atoms with E-state index in [-0.39, 0.29) is 5.75 Å². The molecule has 0 saturated carbocycles. The molecule has 23 heavy (non-hydrogen) atoms. The first-order valence-corrected chi connectivity index (χ1v) is 10.7. The highest BCUT2D eigenvalue weighted by molar-refractivity contribution is 7.85. The van der Waals surface area contributed by atoms with Gasteiger partial charge in [0.05, 0.1) is 10.5 Å². The maximum absolute atomic E-state index is 12.1. The van der Waals surface area contributed by atoms with Crippen LogP contribution in [0.3, 0.4) is 0 Å². The number of carbonyl (C=O) groups excluding carboxylic acids is 1. The van der Waals surface area contributed by atoms with E-state index in [0.29, 0.717) is 30.5 Å². The molecule has 0 fully saturated rings. The van der Waals surface area contributed by atoms with Crippen molar-refractivity contribution in [3.8, 4) is 0 Å². The zero-order valence-electron chi connectivity index (χ0n) is 15.6. The van der Waals surface area contributed by atoms with Crippen LogP contribution in [0, 0.1) is 11.8 Å². The van der Waals surface area contributed by atoms with Crippen molar-refractivity contribution in [2.24, 2.45) is 11.8 Å². The van der Waals surface area contributed by atoms with Crippen LogP contribution in [-0.2, 0) is 14.9 Å². The smallest absolute Gasteiger partial charge is 0.264 e. The first-order chi connectivity index (χ1) is 10.4. The van der Waals surface area contributed by atoms with E-state index < -0.39 is 14.9 Å². The van der Waals surface area contributed by atoms with E-state index in [2.05, 4.69) is 47.2 Å². The molecule has 0 unspecified atom stereocenters. The van der Waals surface area contributed by atoms with Crippen molar-refractivity contribution in [2.75, 3.05) is 5.75 Å². The van der Waals surface area contributed by atoms with Gasteiger partial charge < -0.3 is 0 Å². The first-order valence-electron chi connectivity index (χ1n) is 8.64. The summed E-state index contributed by atoms with van der Waals surface area (Å²) in [6.45, 7) is 12.4. The van der Waals surface area contributed by atoms with Gasteiger partial charge in [-0.05, 0) is 24.7 Å². The number of ketones is 1. The zero-order chi connectivity index (χ0) is 18.7. The fourth-order valence-electron chi connectivity index (χ4n) is 2.37. The molecule has 0 spiro atoms. The van der Waals surface area contributed by atoms with E-state index in [9.17, 15) is 13.2 Å². The molecule has 0 bridgehead atoms. The average molecular weight is 369 g/mol. The number of thiol groups is 1. The van der Waals surface area contributed by atoms with Crippen LogP contribution < -0.4 is 0 Å². The summed E-state index contributed by atoms with van der Waals surface area (Å²) >= 11 is 4.66. The second kappa shape index (κ2) is 12.3. The average Bonchev–Trinajstić information content (AvgIpc) is 2.43. The molecule has 0 rings (SSSR count). The quantitative estimate of drug-likeness (QED) is 0.330. The lowest BCUT2D eigenvalue weighted by molar-refractivity contribution is -0.123. The van der Waals surface area contributed by atoms with Crippen molar-refractivity contribution < 1.29 is 17.8 Å². The zero-order valence-corrected chi connectivity index (χ0v) is 17.3. The highest BCUT2D eigenvalue weighted by atomic mass is 32.2. The van der Waals surface area contributed by atoms with Gasteiger partial charge in [0.25, 0.3) is 10.1 Å². The number of Topliss-reactive ketones (excluding diaryl/α,β-unsaturated/α-hetero) is 1. The molecular formula is C17H36O4S2. The Bertz CT molecular complexity index is 406. The Kier molecular flexibility index (Phi) is 13.5. The number of hydrogen-bond acceptors (Lipinski definition) is 4. The minimum atomic E-state index is -3.69. The van der Waals surface area contributed by atoms with Gasteiger partial charge in [0.2, 0.25) is 0 Å². The Labute approximate surface area is 149 Å². The number of carbonyl (C=O) groups is 1. The summed E-state index contributed by atoms with van der Waals surface area (Å²) in [7, 11) is -3.69. The topological polar surface area (TPSA) is 71.4 Å². The Morgan fingerprint density at radius 3 is 1.70 bits per heavy atom. The summed E-state index contributed by atoms with van der Waals surface area (Å²) in [5.41, 5.74) is 0. The summed E-state index contributed by atoms with van der Waals surface area (Å²) < 4.78 is 27.6. The van der Waals surface area contributed by atoms with Gasteiger partial charge in [0.1, 0.15) is 5.78 Å². The van der Waals surface area contributed by atoms with Crippen LogP contribution in [0.1, 0.15) is 80.1 Å². The normalized spacial score (nSPS) is 12.3. The number of rotatable bonds is 10. The third kappa shape index (κ3) is 11.2. The molecule has 0 aromatic rings. The van der Waals surface area contributed by atoms with Gasteiger partial charge in [-0.15, -0.1) is 0 Å². The van der Waals surface area contributed by atoms with E-state index in [1.807, 2.05) is 6.92 Å². The van der Waals surface area contributed by atoms with E-state index in [1.54, 1.807) is 0 Å². The first kappa shape index (κ1) is 25.2. The molecule has 0 atom stereocenters. The highest BCUT2D eigenvalue weighted by Crippen LogP contribution is 2.35. The summed E-state index contributed by atoms with van der Waals surface area (Å²) in [4.78, 5) is 12.1. The van der Waals surface area contributed by atoms with Crippen LogP contribution in [0.25, 0.3) is 0 Å². The fourth-order valence-corrected chi connectivity index (χ4v) is 3.14. The number of unbranched alkanes of at least 4 members (excludes halogenated alkanes) is 3. The molecule has 6 heteroatoms. The monoisotopic (exact) mass is 368 g/mol. The predicted molar refractivity (Wildman–Crippen MR) is 102 cm³/mol. The van der Waals surface area contributed by atoms with Crippen molar-refractivity contribution in [2.45, 2.75) is 84.8 Å². The Balaban J connectivity index is 0. The summed E-state index contributed by atoms with van der Waals surface area (Å²) in [5, 5.41) is 0. The molecule has 140 valence electrons. The van der Waals surface area contributed by atoms with Crippen molar-refractivity contribution in [1.29, 1.82) is 0 Å². The summed E-state index contributed by atoms with van der Waals surface area (Å²) in [5.74, 6) is 0.818. The highest BCUT2D eigenvalue weighted by Gasteiger charge is 2.39. The third-order valence-electron chi connectivity index (χ3n) is 3.97. The molecule has 0 radical (unpaired) electrons. The Hall–Kier alpha value is -0.0700. The SMILES string of the molecule is CCCCCC(=O)C(S)(C(C)C)C(C)C.CCCCS(=O)(=O)O. The molecule has 0 aliphatic heterocycles. The van der Waals surface area contributed by atoms with E-state index >= 15 is 0 Å². The molecule has 0 saturated heterocycles. The molecule has 0 aromatic carbocycles. The molecule has 0 amide bonds. The van der Waals surface area contributed by atoms with Gasteiger partial charge in [0.15, 0.2) is 0 Å². The van der Waals surface area contributed by atoms with Gasteiger partial charge >= 0.3 is 0 Å². The van der Waals surface area contributed by atoms with Crippen LogP contribution in [0.5, 0.6) is 0 Å². The Morgan fingerprint density at radius 2 is 1.43 bits per heavy atom. The second-order valence-corrected chi connectivity index (χ2v) is 8.97. The lowest BCUT2D eigenvalue weighted by Gasteiger charge is -2.35. The van der Waals surface area contributed by atoms with E-state index in [4.69, 9.17) is 4.55 Å². The van der Waals surface area contributed by atoms with Gasteiger partial charge in [-0.1, -0.05) is 60.8 Å². The predicted octanol–water partition coefficient (Wildman–Crippen LogP) is 4.79. The number of hydrogen-bond donors (Lipinski definition) is 2. The van der Waals surface area contributed by atoms with Crippen LogP contribution in [0.15, 0.2) is 0 Å². The maximum Gasteiger partial charge on any atom is 0.264 e. The van der Waals surface area contributed by atoms with Crippen LogP contribution in [0.2, 0.25) is 0 Å². The minimum absolute atomic E-state index is 0.108. The molecule has 0 aliphatic rings. The van der Waals surface area contributed by atoms with Crippen molar-refractivity contribution in [1.82, 2.24) is 0 Å². The van der Waals surface area contributed by atoms with Crippen molar-refractivity contribution in [3.05, 3.63) is 0 Å². The van der Waals surface area contributed by atoms with Gasteiger partial charge in [-0.3, -0.25) is 9.35 Å². The fraction of sp³-hybridized carbons (Fsp3) is 0.941. The second-order valence-electron chi connectivity index (χ2n) is 6.65. The molecular weight excluding hydrogens is 332 g/mol. The largest absolute Gasteiger partial charge is 0.298 e. The van der Waals surface area contributed by atoms with Crippen molar-refractivity contribution >= 4 is 28.5 Å². The molecule has 1 N–H and O–H groups in total. The Morgan fingerprint density at radius 1 is 1.00 bits per heavy atom. The van der Waals surface area contributed by atoms with Crippen LogP contribution in [-0.4, -0.2) is 29.3 Å². The van der Waals surface area contributed by atoms with Crippen LogP contribution >= 0.6 is 12.6 Å². The minimum Gasteiger partial charge on any atom is -0.298 e. The lowest BCUT2D eigenvalue weighted by atomic mass is 9.79. The van der Waals surface area contributed by atoms with Crippen LogP contribution in [0.4, 0.5) is 0 Å². The summed E-state index contributed by atoms with van der Waals surface area (Å²) in [6, 6.07) is 0. The lowest BCUT2D eigenvalue weighted by Crippen LogP contribution is -2.43. The third-order valence-corrected chi connectivity index (χ3v) is 6.06. The van der Waals surface area contributed by atoms with E-state index in [1.165, 1.54) is 0 Å². The van der Waals surface area contributed by atoms with Gasteiger partial charge in [0, 0.05) is 6.42 Å². The van der Waals surface area contributed by atoms with E-state index in [0.717, 1.165) is 25.7 Å². The molecule has 0 heterocycles. The maximum atomic E-state index is 12.1. The molecule has 4 nitrogen and oxygen atoms in total. The van der Waals surface area contributed by atoms with Gasteiger partial charge in [-0.2, -0.15) is 21.0 Å².